The highest BCUT2D eigenvalue weighted by Crippen LogP contribution is 2.30. The van der Waals surface area contributed by atoms with Crippen molar-refractivity contribution in [2.45, 2.75) is 49.6 Å². The maximum Gasteiger partial charge on any atom is 0.241 e. The Hall–Kier alpha value is -0.910. The summed E-state index contributed by atoms with van der Waals surface area (Å²) in [7, 11) is -1.54. The van der Waals surface area contributed by atoms with Crippen LogP contribution in [0.1, 0.15) is 38.2 Å². The molecule has 1 aromatic carbocycles. The molecule has 2 rings (SSSR count). The first-order valence-electron chi connectivity index (χ1n) is 6.73. The van der Waals surface area contributed by atoms with Gasteiger partial charge >= 0.3 is 0 Å². The topological polar surface area (TPSA) is 58.2 Å². The van der Waals surface area contributed by atoms with Crippen LogP contribution >= 0.6 is 0 Å². The fraction of sp³-hybridized carbons (Fsp3) is 0.571. The van der Waals surface area contributed by atoms with Crippen molar-refractivity contribution in [3.05, 3.63) is 29.8 Å². The Bertz CT molecular complexity index is 517. The molecule has 4 nitrogen and oxygen atoms in total. The van der Waals surface area contributed by atoms with Crippen molar-refractivity contribution in [3.8, 4) is 0 Å². The number of rotatable bonds is 5. The molecule has 0 spiro atoms. The molecule has 2 N–H and O–H groups in total. The molecule has 1 aliphatic carbocycles. The van der Waals surface area contributed by atoms with Gasteiger partial charge in [-0.15, -0.1) is 0 Å². The van der Waals surface area contributed by atoms with E-state index in [0.29, 0.717) is 4.90 Å². The van der Waals surface area contributed by atoms with Gasteiger partial charge in [0.1, 0.15) is 0 Å². The molecular weight excluding hydrogens is 260 g/mol. The standard InChI is InChI=1S/C14H22N2O2S/c1-14(9-3-4-10-14)16-19(17,18)13-7-5-12(6-8-13)11-15-2/h5-8,15-16H,3-4,9-11H2,1-2H3. The summed E-state index contributed by atoms with van der Waals surface area (Å²) < 4.78 is 27.5. The molecule has 1 saturated carbocycles. The van der Waals surface area contributed by atoms with Crippen molar-refractivity contribution >= 4 is 10.0 Å². The number of sulfonamides is 1. The molecule has 0 unspecified atom stereocenters. The average molecular weight is 282 g/mol. The molecule has 19 heavy (non-hydrogen) atoms. The highest BCUT2D eigenvalue weighted by molar-refractivity contribution is 7.89. The van der Waals surface area contributed by atoms with Crippen molar-refractivity contribution in [3.63, 3.8) is 0 Å². The Morgan fingerprint density at radius 2 is 1.74 bits per heavy atom. The van der Waals surface area contributed by atoms with Gasteiger partial charge in [0.05, 0.1) is 4.90 Å². The Kier molecular flexibility index (Phi) is 4.28. The molecule has 0 aromatic heterocycles. The van der Waals surface area contributed by atoms with E-state index >= 15 is 0 Å². The zero-order chi connectivity index (χ0) is 13.9. The second-order valence-corrected chi connectivity index (χ2v) is 7.23. The largest absolute Gasteiger partial charge is 0.316 e. The van der Waals surface area contributed by atoms with Crippen molar-refractivity contribution in [2.24, 2.45) is 0 Å². The molecule has 1 fully saturated rings. The molecule has 0 atom stereocenters. The van der Waals surface area contributed by atoms with Crippen molar-refractivity contribution in [1.29, 1.82) is 0 Å². The van der Waals surface area contributed by atoms with Gasteiger partial charge < -0.3 is 5.32 Å². The van der Waals surface area contributed by atoms with E-state index in [1.807, 2.05) is 26.1 Å². The summed E-state index contributed by atoms with van der Waals surface area (Å²) in [5.74, 6) is 0. The van der Waals surface area contributed by atoms with Gasteiger partial charge in [-0.1, -0.05) is 25.0 Å². The van der Waals surface area contributed by atoms with Gasteiger partial charge in [-0.25, -0.2) is 13.1 Å². The molecule has 1 aromatic rings. The van der Waals surface area contributed by atoms with Gasteiger partial charge in [-0.3, -0.25) is 0 Å². The Morgan fingerprint density at radius 3 is 2.26 bits per heavy atom. The van der Waals surface area contributed by atoms with Crippen LogP contribution in [0.2, 0.25) is 0 Å². The number of benzene rings is 1. The first kappa shape index (κ1) is 14.5. The monoisotopic (exact) mass is 282 g/mol. The molecule has 0 bridgehead atoms. The third-order valence-electron chi connectivity index (χ3n) is 3.70. The number of hydrogen-bond donors (Lipinski definition) is 2. The maximum absolute atomic E-state index is 12.3. The van der Waals surface area contributed by atoms with E-state index < -0.39 is 10.0 Å². The summed E-state index contributed by atoms with van der Waals surface area (Å²) in [6, 6.07) is 7.05. The summed E-state index contributed by atoms with van der Waals surface area (Å²) in [6.45, 7) is 2.73. The number of nitrogens with one attached hydrogen (secondary N) is 2. The van der Waals surface area contributed by atoms with Gasteiger partial charge in [-0.2, -0.15) is 0 Å². The van der Waals surface area contributed by atoms with E-state index in [1.165, 1.54) is 0 Å². The highest BCUT2D eigenvalue weighted by Gasteiger charge is 2.33. The first-order valence-corrected chi connectivity index (χ1v) is 8.21. The molecule has 0 heterocycles. The van der Waals surface area contributed by atoms with Crippen molar-refractivity contribution in [2.75, 3.05) is 7.05 Å². The first-order chi connectivity index (χ1) is 8.95. The van der Waals surface area contributed by atoms with Crippen LogP contribution in [0.3, 0.4) is 0 Å². The zero-order valence-corrected chi connectivity index (χ0v) is 12.4. The Morgan fingerprint density at radius 1 is 1.16 bits per heavy atom. The maximum atomic E-state index is 12.3. The van der Waals surface area contributed by atoms with Crippen molar-refractivity contribution < 1.29 is 8.42 Å². The van der Waals surface area contributed by atoms with Crippen LogP contribution in [0.15, 0.2) is 29.2 Å². The van der Waals surface area contributed by atoms with Crippen molar-refractivity contribution in [1.82, 2.24) is 10.0 Å². The third-order valence-corrected chi connectivity index (χ3v) is 5.36. The van der Waals surface area contributed by atoms with Gasteiger partial charge in [0.15, 0.2) is 0 Å². The van der Waals surface area contributed by atoms with E-state index in [2.05, 4.69) is 10.0 Å². The minimum Gasteiger partial charge on any atom is -0.316 e. The SMILES string of the molecule is CNCc1ccc(S(=O)(=O)NC2(C)CCCC2)cc1. The summed E-state index contributed by atoms with van der Waals surface area (Å²) in [4.78, 5) is 0.348. The fourth-order valence-electron chi connectivity index (χ4n) is 2.63. The second kappa shape index (κ2) is 5.61. The van der Waals surface area contributed by atoms with Crippen LogP contribution < -0.4 is 10.0 Å². The Balaban J connectivity index is 2.15. The second-order valence-electron chi connectivity index (χ2n) is 5.55. The molecule has 0 saturated heterocycles. The predicted molar refractivity (Wildman–Crippen MR) is 76.4 cm³/mol. The summed E-state index contributed by atoms with van der Waals surface area (Å²) >= 11 is 0. The third kappa shape index (κ3) is 3.55. The van der Waals surface area contributed by atoms with Crippen LogP contribution in [0.5, 0.6) is 0 Å². The van der Waals surface area contributed by atoms with Crippen LogP contribution in [0, 0.1) is 0 Å². The van der Waals surface area contributed by atoms with Crippen LogP contribution in [0.25, 0.3) is 0 Å². The fourth-order valence-corrected chi connectivity index (χ4v) is 4.10. The summed E-state index contributed by atoms with van der Waals surface area (Å²) in [5, 5.41) is 3.04. The highest BCUT2D eigenvalue weighted by atomic mass is 32.2. The minimum absolute atomic E-state index is 0.275. The predicted octanol–water partition coefficient (Wildman–Crippen LogP) is 2.02. The molecule has 5 heteroatoms. The van der Waals surface area contributed by atoms with Gasteiger partial charge in [0.25, 0.3) is 0 Å². The lowest BCUT2D eigenvalue weighted by atomic mass is 10.0. The molecular formula is C14H22N2O2S. The molecule has 0 aliphatic heterocycles. The average Bonchev–Trinajstić information content (AvgIpc) is 2.76. The van der Waals surface area contributed by atoms with Crippen LogP contribution in [-0.2, 0) is 16.6 Å². The van der Waals surface area contributed by atoms with E-state index in [9.17, 15) is 8.42 Å². The van der Waals surface area contributed by atoms with E-state index in [-0.39, 0.29) is 5.54 Å². The van der Waals surface area contributed by atoms with Gasteiger partial charge in [-0.05, 0) is 44.5 Å². The minimum atomic E-state index is -3.40. The molecule has 0 radical (unpaired) electrons. The lowest BCUT2D eigenvalue weighted by molar-refractivity contribution is 0.427. The summed E-state index contributed by atoms with van der Waals surface area (Å²) in [6.07, 6.45) is 4.04. The Labute approximate surface area is 115 Å². The van der Waals surface area contributed by atoms with E-state index in [0.717, 1.165) is 37.8 Å². The number of hydrogen-bond acceptors (Lipinski definition) is 3. The van der Waals surface area contributed by atoms with E-state index in [1.54, 1.807) is 12.1 Å². The molecule has 0 amide bonds. The van der Waals surface area contributed by atoms with E-state index in [4.69, 9.17) is 0 Å². The molecule has 1 aliphatic rings. The van der Waals surface area contributed by atoms with Gasteiger partial charge in [0.2, 0.25) is 10.0 Å². The lowest BCUT2D eigenvalue weighted by Gasteiger charge is -2.24. The lowest BCUT2D eigenvalue weighted by Crippen LogP contribution is -2.43. The normalized spacial score (nSPS) is 18.6. The van der Waals surface area contributed by atoms with Crippen LogP contribution in [-0.4, -0.2) is 21.0 Å². The molecule has 106 valence electrons. The van der Waals surface area contributed by atoms with Crippen LogP contribution in [0.4, 0.5) is 0 Å². The quantitative estimate of drug-likeness (QED) is 0.868. The van der Waals surface area contributed by atoms with Gasteiger partial charge in [0, 0.05) is 12.1 Å². The summed E-state index contributed by atoms with van der Waals surface area (Å²) in [5.41, 5.74) is 0.802. The smallest absolute Gasteiger partial charge is 0.241 e. The zero-order valence-electron chi connectivity index (χ0n) is 11.6.